The lowest BCUT2D eigenvalue weighted by Crippen LogP contribution is -2.30. The molecule has 0 bridgehead atoms. The number of carbonyl (C=O) groups is 4. The molecule has 0 saturated carbocycles. The first-order chi connectivity index (χ1) is 36.5. The van der Waals surface area contributed by atoms with Crippen LogP contribution in [0.1, 0.15) is 279 Å². The average Bonchev–Trinajstić information content (AvgIpc) is 3.38. The summed E-state index contributed by atoms with van der Waals surface area (Å²) in [4.78, 5) is 71.4. The summed E-state index contributed by atoms with van der Waals surface area (Å²) in [6.45, 7) is 6.95. The highest BCUT2D eigenvalue weighted by Gasteiger charge is 2.30. The molecule has 0 aliphatic heterocycles. The molecule has 2 unspecified atom stereocenters. The molecule has 0 saturated heterocycles. The Labute approximate surface area is 460 Å². The maximum absolute atomic E-state index is 12.9. The third-order valence-electron chi connectivity index (χ3n) is 13.0. The van der Waals surface area contributed by atoms with Crippen LogP contribution < -0.4 is 0 Å². The van der Waals surface area contributed by atoms with E-state index in [1.807, 2.05) is 0 Å². The number of aliphatic hydroxyl groups is 1. The van der Waals surface area contributed by atoms with Crippen LogP contribution >= 0.6 is 15.6 Å². The second-order valence-corrected chi connectivity index (χ2v) is 24.1. The summed E-state index contributed by atoms with van der Waals surface area (Å²) in [6.07, 6.45) is 32.8. The molecular formula is C57H110O17P2. The number of aliphatic hydroxyl groups excluding tert-OH is 1. The van der Waals surface area contributed by atoms with E-state index in [0.717, 1.165) is 102 Å². The van der Waals surface area contributed by atoms with Gasteiger partial charge in [0, 0.05) is 25.7 Å². The Bertz CT molecular complexity index is 1500. The number of carbonyl (C=O) groups excluding carboxylic acids is 4. The van der Waals surface area contributed by atoms with Crippen LogP contribution in [0.25, 0.3) is 0 Å². The van der Waals surface area contributed by atoms with Crippen LogP contribution in [0.2, 0.25) is 0 Å². The fourth-order valence-corrected chi connectivity index (χ4v) is 9.92. The molecule has 5 atom stereocenters. The molecule has 0 fully saturated rings. The Morgan fingerprint density at radius 2 is 0.605 bits per heavy atom. The van der Waals surface area contributed by atoms with Gasteiger partial charge >= 0.3 is 39.5 Å². The SMILES string of the molecule is CCCCCCCCCCCCCCCC(=O)OC[C@H](COP(=O)(O)OC[C@@H](O)COP(=O)(O)OC[C@@H](COC(=O)CCCCCCC)OC(=O)CCCCCCC)OC(=O)CCCCCCCCCCCCC(C)C. The second-order valence-electron chi connectivity index (χ2n) is 21.2. The van der Waals surface area contributed by atoms with Gasteiger partial charge in [0.2, 0.25) is 0 Å². The highest BCUT2D eigenvalue weighted by atomic mass is 31.2. The van der Waals surface area contributed by atoms with Crippen molar-refractivity contribution in [3.63, 3.8) is 0 Å². The van der Waals surface area contributed by atoms with E-state index in [2.05, 4.69) is 34.6 Å². The molecule has 0 aromatic heterocycles. The number of hydrogen-bond acceptors (Lipinski definition) is 15. The average molecular weight is 1130 g/mol. The predicted molar refractivity (Wildman–Crippen MR) is 298 cm³/mol. The van der Waals surface area contributed by atoms with Crippen molar-refractivity contribution >= 4 is 39.5 Å². The van der Waals surface area contributed by atoms with E-state index in [9.17, 15) is 43.2 Å². The lowest BCUT2D eigenvalue weighted by atomic mass is 10.0. The quantitative estimate of drug-likeness (QED) is 0.0222. The number of esters is 4. The lowest BCUT2D eigenvalue weighted by Gasteiger charge is -2.21. The molecule has 0 radical (unpaired) electrons. The van der Waals surface area contributed by atoms with Crippen LogP contribution in [0, 0.1) is 5.92 Å². The van der Waals surface area contributed by atoms with Gasteiger partial charge in [0.25, 0.3) is 0 Å². The molecule has 0 amide bonds. The van der Waals surface area contributed by atoms with Crippen molar-refractivity contribution in [1.82, 2.24) is 0 Å². The van der Waals surface area contributed by atoms with Gasteiger partial charge in [-0.25, -0.2) is 9.13 Å². The number of phosphoric ester groups is 2. The van der Waals surface area contributed by atoms with Crippen LogP contribution in [0.5, 0.6) is 0 Å². The Kier molecular flexibility index (Phi) is 49.9. The van der Waals surface area contributed by atoms with Gasteiger partial charge in [0.15, 0.2) is 12.2 Å². The summed E-state index contributed by atoms with van der Waals surface area (Å²) in [5.74, 6) is -1.41. The van der Waals surface area contributed by atoms with E-state index >= 15 is 0 Å². The van der Waals surface area contributed by atoms with E-state index in [0.29, 0.717) is 25.7 Å². The van der Waals surface area contributed by atoms with Gasteiger partial charge < -0.3 is 33.8 Å². The fraction of sp³-hybridized carbons (Fsp3) is 0.930. The fourth-order valence-electron chi connectivity index (χ4n) is 8.34. The lowest BCUT2D eigenvalue weighted by molar-refractivity contribution is -0.161. The number of ether oxygens (including phenoxy) is 4. The normalized spacial score (nSPS) is 14.4. The van der Waals surface area contributed by atoms with E-state index in [-0.39, 0.29) is 25.7 Å². The zero-order valence-electron chi connectivity index (χ0n) is 48.4. The van der Waals surface area contributed by atoms with Crippen molar-refractivity contribution < 1.29 is 80.2 Å². The smallest absolute Gasteiger partial charge is 0.462 e. The molecule has 0 aliphatic rings. The minimum Gasteiger partial charge on any atom is -0.462 e. The summed E-state index contributed by atoms with van der Waals surface area (Å²) in [5.41, 5.74) is 0. The van der Waals surface area contributed by atoms with Crippen molar-refractivity contribution in [2.75, 3.05) is 39.6 Å². The van der Waals surface area contributed by atoms with E-state index in [1.54, 1.807) is 0 Å². The first-order valence-corrected chi connectivity index (χ1v) is 33.1. The molecule has 0 rings (SSSR count). The van der Waals surface area contributed by atoms with E-state index in [1.165, 1.54) is 96.3 Å². The first kappa shape index (κ1) is 74.1. The Balaban J connectivity index is 5.13. The summed E-state index contributed by atoms with van der Waals surface area (Å²) in [6, 6.07) is 0. The number of rotatable bonds is 57. The first-order valence-electron chi connectivity index (χ1n) is 30.1. The maximum Gasteiger partial charge on any atom is 0.472 e. The topological polar surface area (TPSA) is 237 Å². The standard InChI is InChI=1S/C57H110O17P2/c1-6-9-12-15-16-17-18-19-20-24-27-32-36-41-55(60)68-47-53(74-57(62)43-38-33-28-25-22-21-23-26-31-34-39-50(4)5)49-72-76(65,66)70-45-51(58)44-69-75(63,64)71-48-52(73-56(61)42-37-30-14-11-8-3)46-67-54(59)40-35-29-13-10-7-2/h50-53,58H,6-49H2,1-5H3,(H,63,64)(H,65,66)/t51-,52+,53+/m0/s1. The Hall–Kier alpha value is -1.94. The molecule has 0 aromatic rings. The van der Waals surface area contributed by atoms with Crippen LogP contribution in [0.4, 0.5) is 0 Å². The highest BCUT2D eigenvalue weighted by molar-refractivity contribution is 7.47. The molecule has 0 aliphatic carbocycles. The van der Waals surface area contributed by atoms with Gasteiger partial charge in [0.1, 0.15) is 19.3 Å². The zero-order valence-corrected chi connectivity index (χ0v) is 50.2. The zero-order chi connectivity index (χ0) is 56.4. The van der Waals surface area contributed by atoms with Crippen molar-refractivity contribution in [3.8, 4) is 0 Å². The third kappa shape index (κ3) is 51.5. The largest absolute Gasteiger partial charge is 0.472 e. The number of unbranched alkanes of at least 4 members (excludes halogenated alkanes) is 29. The van der Waals surface area contributed by atoms with Crippen molar-refractivity contribution in [2.45, 2.75) is 297 Å². The van der Waals surface area contributed by atoms with Crippen molar-refractivity contribution in [2.24, 2.45) is 5.92 Å². The minimum atomic E-state index is -4.93. The molecule has 0 heterocycles. The summed E-state index contributed by atoms with van der Waals surface area (Å²) < 4.78 is 67.3. The molecule has 17 nitrogen and oxygen atoms in total. The third-order valence-corrected chi connectivity index (χ3v) is 14.9. The van der Waals surface area contributed by atoms with Crippen molar-refractivity contribution in [1.29, 1.82) is 0 Å². The molecule has 0 aromatic carbocycles. The number of hydrogen-bond donors (Lipinski definition) is 3. The van der Waals surface area contributed by atoms with Gasteiger partial charge in [-0.15, -0.1) is 0 Å². The van der Waals surface area contributed by atoms with Gasteiger partial charge in [-0.1, -0.05) is 227 Å². The molecule has 3 N–H and O–H groups in total. The van der Waals surface area contributed by atoms with Crippen LogP contribution in [0.15, 0.2) is 0 Å². The number of phosphoric acid groups is 2. The van der Waals surface area contributed by atoms with E-state index < -0.39 is 97.5 Å². The highest BCUT2D eigenvalue weighted by Crippen LogP contribution is 2.45. The predicted octanol–water partition coefficient (Wildman–Crippen LogP) is 15.1. The van der Waals surface area contributed by atoms with Crippen LogP contribution in [-0.2, 0) is 65.4 Å². The Morgan fingerprint density at radius 1 is 0.355 bits per heavy atom. The van der Waals surface area contributed by atoms with Crippen LogP contribution in [0.3, 0.4) is 0 Å². The molecule has 450 valence electrons. The molecule has 76 heavy (non-hydrogen) atoms. The molecule has 0 spiro atoms. The minimum absolute atomic E-state index is 0.0987. The van der Waals surface area contributed by atoms with Gasteiger partial charge in [-0.3, -0.25) is 37.3 Å². The molecular weight excluding hydrogens is 1020 g/mol. The molecule has 19 heteroatoms. The summed E-state index contributed by atoms with van der Waals surface area (Å²) >= 11 is 0. The van der Waals surface area contributed by atoms with E-state index in [4.69, 9.17) is 37.0 Å². The van der Waals surface area contributed by atoms with Gasteiger partial charge in [-0.05, 0) is 31.6 Å². The summed E-state index contributed by atoms with van der Waals surface area (Å²) in [7, 11) is -9.85. The maximum atomic E-state index is 12.9. The second kappa shape index (κ2) is 51.2. The van der Waals surface area contributed by atoms with Gasteiger partial charge in [-0.2, -0.15) is 0 Å². The summed E-state index contributed by atoms with van der Waals surface area (Å²) in [5, 5.41) is 10.4. The Morgan fingerprint density at radius 3 is 0.895 bits per heavy atom. The van der Waals surface area contributed by atoms with Crippen molar-refractivity contribution in [3.05, 3.63) is 0 Å². The van der Waals surface area contributed by atoms with Gasteiger partial charge in [0.05, 0.1) is 26.4 Å². The monoisotopic (exact) mass is 1130 g/mol. The van der Waals surface area contributed by atoms with Crippen LogP contribution in [-0.4, -0.2) is 96.7 Å².